The molecule has 3 N–H and O–H groups in total. The highest BCUT2D eigenvalue weighted by Gasteiger charge is 2.15. The van der Waals surface area contributed by atoms with Gasteiger partial charge in [-0.2, -0.15) is 0 Å². The highest BCUT2D eigenvalue weighted by Crippen LogP contribution is 1.94. The third-order valence-electron chi connectivity index (χ3n) is 1.76. The van der Waals surface area contributed by atoms with Gasteiger partial charge in [0.25, 0.3) is 5.91 Å². The number of amides is 1. The molecule has 0 saturated heterocycles. The van der Waals surface area contributed by atoms with Gasteiger partial charge in [0.2, 0.25) is 5.56 Å². The molecule has 0 aromatic carbocycles. The van der Waals surface area contributed by atoms with E-state index in [1.165, 1.54) is 19.2 Å². The van der Waals surface area contributed by atoms with E-state index in [-0.39, 0.29) is 5.56 Å². The van der Waals surface area contributed by atoms with E-state index in [1.54, 1.807) is 0 Å². The summed E-state index contributed by atoms with van der Waals surface area (Å²) >= 11 is 0. The van der Waals surface area contributed by atoms with Crippen LogP contribution in [0.2, 0.25) is 0 Å². The molecule has 1 amide bonds. The van der Waals surface area contributed by atoms with Gasteiger partial charge in [0, 0.05) is 17.8 Å². The molecule has 0 aliphatic carbocycles. The van der Waals surface area contributed by atoms with Crippen LogP contribution in [-0.2, 0) is 4.79 Å². The molecule has 1 atom stereocenters. The SMILES string of the molecule is C[C@H](NC(=O)c1cc[nH]c(=O)c1)C(=O)O. The average Bonchev–Trinajstić information content (AvgIpc) is 2.17. The lowest BCUT2D eigenvalue weighted by Gasteiger charge is -2.08. The van der Waals surface area contributed by atoms with Crippen LogP contribution in [0.1, 0.15) is 17.3 Å². The number of H-pyrrole nitrogens is 1. The van der Waals surface area contributed by atoms with Gasteiger partial charge >= 0.3 is 5.97 Å². The Kier molecular flexibility index (Phi) is 3.22. The summed E-state index contributed by atoms with van der Waals surface area (Å²) in [5, 5.41) is 10.8. The predicted molar refractivity (Wildman–Crippen MR) is 51.6 cm³/mol. The summed E-state index contributed by atoms with van der Waals surface area (Å²) in [4.78, 5) is 35.0. The number of aliphatic carboxylic acids is 1. The van der Waals surface area contributed by atoms with Crippen molar-refractivity contribution < 1.29 is 14.7 Å². The van der Waals surface area contributed by atoms with Crippen molar-refractivity contribution in [3.8, 4) is 0 Å². The minimum atomic E-state index is -1.13. The molecule has 0 aliphatic rings. The Labute approximate surface area is 84.9 Å². The van der Waals surface area contributed by atoms with Gasteiger partial charge < -0.3 is 15.4 Å². The van der Waals surface area contributed by atoms with E-state index in [0.717, 1.165) is 6.07 Å². The maximum atomic E-state index is 11.4. The Balaban J connectivity index is 2.78. The lowest BCUT2D eigenvalue weighted by Crippen LogP contribution is -2.38. The van der Waals surface area contributed by atoms with Gasteiger partial charge in [0.05, 0.1) is 0 Å². The standard InChI is InChI=1S/C9H10N2O4/c1-5(9(14)15)11-8(13)6-2-3-10-7(12)4-6/h2-5H,1H3,(H,10,12)(H,11,13)(H,14,15)/t5-/m0/s1. The second kappa shape index (κ2) is 4.41. The van der Waals surface area contributed by atoms with Crippen molar-refractivity contribution in [2.45, 2.75) is 13.0 Å². The van der Waals surface area contributed by atoms with Gasteiger partial charge in [0.1, 0.15) is 6.04 Å². The summed E-state index contributed by atoms with van der Waals surface area (Å²) in [5.74, 6) is -1.72. The summed E-state index contributed by atoms with van der Waals surface area (Å²) in [7, 11) is 0. The third kappa shape index (κ3) is 2.94. The van der Waals surface area contributed by atoms with Crippen LogP contribution in [0.4, 0.5) is 0 Å². The lowest BCUT2D eigenvalue weighted by atomic mass is 10.2. The Morgan fingerprint density at radius 1 is 1.53 bits per heavy atom. The summed E-state index contributed by atoms with van der Waals surface area (Å²) in [6, 6.07) is 1.51. The maximum Gasteiger partial charge on any atom is 0.325 e. The van der Waals surface area contributed by atoms with E-state index in [1.807, 2.05) is 0 Å². The molecule has 0 fully saturated rings. The van der Waals surface area contributed by atoms with Gasteiger partial charge in [-0.3, -0.25) is 14.4 Å². The number of aromatic amines is 1. The zero-order chi connectivity index (χ0) is 11.4. The molecular weight excluding hydrogens is 200 g/mol. The number of hydrogen-bond acceptors (Lipinski definition) is 3. The number of carboxylic acids is 1. The van der Waals surface area contributed by atoms with E-state index in [2.05, 4.69) is 10.3 Å². The molecule has 1 aromatic heterocycles. The fourth-order valence-electron chi connectivity index (χ4n) is 0.928. The molecule has 1 rings (SSSR count). The minimum Gasteiger partial charge on any atom is -0.480 e. The fraction of sp³-hybridized carbons (Fsp3) is 0.222. The molecule has 15 heavy (non-hydrogen) atoms. The largest absolute Gasteiger partial charge is 0.480 e. The molecule has 6 nitrogen and oxygen atoms in total. The lowest BCUT2D eigenvalue weighted by molar-refractivity contribution is -0.138. The van der Waals surface area contributed by atoms with Crippen molar-refractivity contribution >= 4 is 11.9 Å². The second-order valence-corrected chi connectivity index (χ2v) is 2.97. The molecule has 0 spiro atoms. The predicted octanol–water partition coefficient (Wildman–Crippen LogP) is -0.422. The summed E-state index contributed by atoms with van der Waals surface area (Å²) < 4.78 is 0. The fourth-order valence-corrected chi connectivity index (χ4v) is 0.928. The molecule has 6 heteroatoms. The molecule has 0 unspecified atom stereocenters. The number of carboxylic acid groups (broad SMARTS) is 1. The van der Waals surface area contributed by atoms with Crippen molar-refractivity contribution in [1.29, 1.82) is 0 Å². The van der Waals surface area contributed by atoms with Crippen LogP contribution in [-0.4, -0.2) is 28.0 Å². The van der Waals surface area contributed by atoms with Gasteiger partial charge in [0.15, 0.2) is 0 Å². The molecular formula is C9H10N2O4. The Morgan fingerprint density at radius 3 is 2.73 bits per heavy atom. The zero-order valence-electron chi connectivity index (χ0n) is 7.98. The van der Waals surface area contributed by atoms with Crippen molar-refractivity contribution in [3.63, 3.8) is 0 Å². The molecule has 0 bridgehead atoms. The molecule has 80 valence electrons. The molecule has 0 radical (unpaired) electrons. The summed E-state index contributed by atoms with van der Waals surface area (Å²) in [6.45, 7) is 1.34. The molecule has 0 aliphatic heterocycles. The van der Waals surface area contributed by atoms with Gasteiger partial charge in [-0.25, -0.2) is 0 Å². The van der Waals surface area contributed by atoms with Gasteiger partial charge in [-0.05, 0) is 13.0 Å². The van der Waals surface area contributed by atoms with Gasteiger partial charge in [-0.1, -0.05) is 0 Å². The number of aromatic nitrogens is 1. The van der Waals surface area contributed by atoms with Crippen molar-refractivity contribution in [2.75, 3.05) is 0 Å². The Hall–Kier alpha value is -2.11. The highest BCUT2D eigenvalue weighted by atomic mass is 16.4. The van der Waals surface area contributed by atoms with E-state index >= 15 is 0 Å². The van der Waals surface area contributed by atoms with E-state index in [4.69, 9.17) is 5.11 Å². The zero-order valence-corrected chi connectivity index (χ0v) is 7.98. The van der Waals surface area contributed by atoms with Crippen LogP contribution < -0.4 is 10.9 Å². The third-order valence-corrected chi connectivity index (χ3v) is 1.76. The number of hydrogen-bond donors (Lipinski definition) is 3. The molecule has 1 heterocycles. The van der Waals surface area contributed by atoms with Crippen LogP contribution >= 0.6 is 0 Å². The number of rotatable bonds is 3. The first-order chi connectivity index (χ1) is 7.00. The minimum absolute atomic E-state index is 0.131. The van der Waals surface area contributed by atoms with Crippen LogP contribution in [0.15, 0.2) is 23.1 Å². The normalized spacial score (nSPS) is 11.8. The number of carbonyl (C=O) groups is 2. The van der Waals surface area contributed by atoms with Crippen molar-refractivity contribution in [1.82, 2.24) is 10.3 Å². The van der Waals surface area contributed by atoms with Gasteiger partial charge in [-0.15, -0.1) is 0 Å². The smallest absolute Gasteiger partial charge is 0.325 e. The number of pyridine rings is 1. The Bertz CT molecular complexity index is 438. The number of nitrogens with one attached hydrogen (secondary N) is 2. The molecule has 0 saturated carbocycles. The first kappa shape index (κ1) is 11.0. The van der Waals surface area contributed by atoms with E-state index in [9.17, 15) is 14.4 Å². The first-order valence-electron chi connectivity index (χ1n) is 4.23. The topological polar surface area (TPSA) is 99.3 Å². The van der Waals surface area contributed by atoms with Crippen LogP contribution in [0.25, 0.3) is 0 Å². The second-order valence-electron chi connectivity index (χ2n) is 2.97. The van der Waals surface area contributed by atoms with Crippen LogP contribution in [0.3, 0.4) is 0 Å². The van der Waals surface area contributed by atoms with Crippen LogP contribution in [0.5, 0.6) is 0 Å². The van der Waals surface area contributed by atoms with Crippen molar-refractivity contribution in [3.05, 3.63) is 34.2 Å². The summed E-state index contributed by atoms with van der Waals surface area (Å²) in [6.07, 6.45) is 1.32. The Morgan fingerprint density at radius 2 is 2.20 bits per heavy atom. The average molecular weight is 210 g/mol. The highest BCUT2D eigenvalue weighted by molar-refractivity contribution is 5.96. The maximum absolute atomic E-state index is 11.4. The molecule has 1 aromatic rings. The van der Waals surface area contributed by atoms with Crippen molar-refractivity contribution in [2.24, 2.45) is 0 Å². The first-order valence-corrected chi connectivity index (χ1v) is 4.23. The monoisotopic (exact) mass is 210 g/mol. The quantitative estimate of drug-likeness (QED) is 0.630. The van der Waals surface area contributed by atoms with E-state index in [0.29, 0.717) is 0 Å². The summed E-state index contributed by atoms with van der Waals surface area (Å²) in [5.41, 5.74) is -0.280. The van der Waals surface area contributed by atoms with Crippen LogP contribution in [0, 0.1) is 0 Å². The number of carbonyl (C=O) groups excluding carboxylic acids is 1. The van der Waals surface area contributed by atoms with E-state index < -0.39 is 23.5 Å².